The number of carbonyl (C=O) groups excluding carboxylic acids is 1. The molecule has 23 heavy (non-hydrogen) atoms. The molecule has 0 fully saturated rings. The Bertz CT molecular complexity index is 790. The predicted molar refractivity (Wildman–Crippen MR) is 81.2 cm³/mol. The van der Waals surface area contributed by atoms with E-state index >= 15 is 0 Å². The Morgan fingerprint density at radius 2 is 1.57 bits per heavy atom. The van der Waals surface area contributed by atoms with Gasteiger partial charge in [0, 0.05) is 5.69 Å². The SMILES string of the molecule is CC(NS(=O)(=O)c1c(F)cccc1F)C(=O)Nc1ccccc1. The Morgan fingerprint density at radius 3 is 2.13 bits per heavy atom. The smallest absolute Gasteiger partial charge is 0.247 e. The van der Waals surface area contributed by atoms with Crippen molar-refractivity contribution in [2.24, 2.45) is 0 Å². The Hall–Kier alpha value is -2.32. The van der Waals surface area contributed by atoms with E-state index in [0.717, 1.165) is 18.2 Å². The van der Waals surface area contributed by atoms with E-state index in [9.17, 15) is 22.0 Å². The van der Waals surface area contributed by atoms with Crippen LogP contribution in [0.1, 0.15) is 6.92 Å². The zero-order chi connectivity index (χ0) is 17.0. The molecule has 2 rings (SSSR count). The van der Waals surface area contributed by atoms with Crippen molar-refractivity contribution in [1.29, 1.82) is 0 Å². The van der Waals surface area contributed by atoms with Gasteiger partial charge >= 0.3 is 0 Å². The Morgan fingerprint density at radius 1 is 1.00 bits per heavy atom. The highest BCUT2D eigenvalue weighted by Crippen LogP contribution is 2.18. The summed E-state index contributed by atoms with van der Waals surface area (Å²) in [5.74, 6) is -3.11. The number of benzene rings is 2. The average Bonchev–Trinajstić information content (AvgIpc) is 2.47. The number of hydrogen-bond donors (Lipinski definition) is 2. The summed E-state index contributed by atoms with van der Waals surface area (Å²) in [6.07, 6.45) is 0. The summed E-state index contributed by atoms with van der Waals surface area (Å²) < 4.78 is 53.3. The van der Waals surface area contributed by atoms with Crippen molar-refractivity contribution in [2.75, 3.05) is 5.32 Å². The van der Waals surface area contributed by atoms with Crippen LogP contribution in [0.25, 0.3) is 0 Å². The summed E-state index contributed by atoms with van der Waals surface area (Å²) in [5.41, 5.74) is 0.473. The normalized spacial score (nSPS) is 12.7. The van der Waals surface area contributed by atoms with Crippen LogP contribution in [0.3, 0.4) is 0 Å². The topological polar surface area (TPSA) is 75.3 Å². The summed E-state index contributed by atoms with van der Waals surface area (Å²) in [6, 6.07) is 9.86. The Balaban J connectivity index is 2.15. The summed E-state index contributed by atoms with van der Waals surface area (Å²) in [5, 5.41) is 2.49. The average molecular weight is 340 g/mol. The molecule has 0 spiro atoms. The number of halogens is 2. The van der Waals surface area contributed by atoms with Crippen LogP contribution in [0.4, 0.5) is 14.5 Å². The van der Waals surface area contributed by atoms with Crippen molar-refractivity contribution in [1.82, 2.24) is 4.72 Å². The molecule has 5 nitrogen and oxygen atoms in total. The molecule has 1 unspecified atom stereocenters. The van der Waals surface area contributed by atoms with Gasteiger partial charge in [-0.15, -0.1) is 0 Å². The second kappa shape index (κ2) is 6.84. The molecule has 0 aliphatic heterocycles. The largest absolute Gasteiger partial charge is 0.325 e. The fraction of sp³-hybridized carbons (Fsp3) is 0.133. The maximum Gasteiger partial charge on any atom is 0.247 e. The number of sulfonamides is 1. The zero-order valence-corrected chi connectivity index (χ0v) is 12.9. The number of hydrogen-bond acceptors (Lipinski definition) is 3. The molecule has 0 saturated heterocycles. The summed E-state index contributed by atoms with van der Waals surface area (Å²) in [7, 11) is -4.52. The van der Waals surface area contributed by atoms with E-state index in [4.69, 9.17) is 0 Å². The predicted octanol–water partition coefficient (Wildman–Crippen LogP) is 2.27. The van der Waals surface area contributed by atoms with Gasteiger partial charge in [-0.05, 0) is 31.2 Å². The van der Waals surface area contributed by atoms with Gasteiger partial charge in [0.25, 0.3) is 0 Å². The van der Waals surface area contributed by atoms with E-state index in [1.54, 1.807) is 30.3 Å². The zero-order valence-electron chi connectivity index (χ0n) is 12.1. The third-order valence-corrected chi connectivity index (χ3v) is 4.55. The van der Waals surface area contributed by atoms with Crippen LogP contribution in [-0.4, -0.2) is 20.4 Å². The van der Waals surface area contributed by atoms with Gasteiger partial charge in [0.1, 0.15) is 11.6 Å². The lowest BCUT2D eigenvalue weighted by Crippen LogP contribution is -2.42. The Labute approximate surface area is 132 Å². The first-order valence-electron chi connectivity index (χ1n) is 6.63. The van der Waals surface area contributed by atoms with E-state index in [0.29, 0.717) is 5.69 Å². The molecule has 2 aromatic rings. The lowest BCUT2D eigenvalue weighted by Gasteiger charge is -2.15. The van der Waals surface area contributed by atoms with Crippen molar-refractivity contribution in [3.63, 3.8) is 0 Å². The van der Waals surface area contributed by atoms with Gasteiger partial charge in [0.05, 0.1) is 6.04 Å². The third kappa shape index (κ3) is 4.11. The summed E-state index contributed by atoms with van der Waals surface area (Å²) in [4.78, 5) is 10.9. The van der Waals surface area contributed by atoms with Gasteiger partial charge in [0.15, 0.2) is 4.90 Å². The minimum absolute atomic E-state index is 0.473. The maximum atomic E-state index is 13.6. The lowest BCUT2D eigenvalue weighted by atomic mass is 10.3. The van der Waals surface area contributed by atoms with Crippen LogP contribution in [0.15, 0.2) is 53.4 Å². The molecule has 8 heteroatoms. The molecule has 2 N–H and O–H groups in total. The van der Waals surface area contributed by atoms with Crippen molar-refractivity contribution in [2.45, 2.75) is 17.9 Å². The van der Waals surface area contributed by atoms with Gasteiger partial charge < -0.3 is 5.32 Å². The molecule has 1 amide bonds. The number of carbonyl (C=O) groups is 1. The number of amides is 1. The van der Waals surface area contributed by atoms with E-state index in [1.807, 2.05) is 4.72 Å². The van der Waals surface area contributed by atoms with Gasteiger partial charge in [0.2, 0.25) is 15.9 Å². The van der Waals surface area contributed by atoms with E-state index in [-0.39, 0.29) is 0 Å². The molecule has 0 radical (unpaired) electrons. The molecule has 1 atom stereocenters. The standard InChI is InChI=1S/C15H14F2N2O3S/c1-10(15(20)18-11-6-3-2-4-7-11)19-23(21,22)14-12(16)8-5-9-13(14)17/h2-10,19H,1H3,(H,18,20). The number of nitrogens with one attached hydrogen (secondary N) is 2. The van der Waals surface area contributed by atoms with Crippen LogP contribution in [0, 0.1) is 11.6 Å². The van der Waals surface area contributed by atoms with Crippen LogP contribution < -0.4 is 10.0 Å². The highest BCUT2D eigenvalue weighted by atomic mass is 32.2. The first-order valence-corrected chi connectivity index (χ1v) is 8.12. The first-order chi connectivity index (χ1) is 10.8. The van der Waals surface area contributed by atoms with Crippen molar-refractivity contribution >= 4 is 21.6 Å². The molecular formula is C15H14F2N2O3S. The quantitative estimate of drug-likeness (QED) is 0.877. The molecule has 0 aromatic heterocycles. The fourth-order valence-corrected chi connectivity index (χ4v) is 3.20. The van der Waals surface area contributed by atoms with E-state index < -0.39 is 38.5 Å². The molecule has 0 aliphatic carbocycles. The molecule has 2 aromatic carbocycles. The molecule has 0 heterocycles. The summed E-state index contributed by atoms with van der Waals surface area (Å²) in [6.45, 7) is 1.27. The van der Waals surface area contributed by atoms with Crippen molar-refractivity contribution in [3.05, 3.63) is 60.2 Å². The van der Waals surface area contributed by atoms with Crippen LogP contribution >= 0.6 is 0 Å². The van der Waals surface area contributed by atoms with Crippen LogP contribution in [0.2, 0.25) is 0 Å². The van der Waals surface area contributed by atoms with Crippen molar-refractivity contribution in [3.8, 4) is 0 Å². The van der Waals surface area contributed by atoms with Gasteiger partial charge in [-0.2, -0.15) is 4.72 Å². The number of para-hydroxylation sites is 1. The van der Waals surface area contributed by atoms with E-state index in [1.165, 1.54) is 6.92 Å². The fourth-order valence-electron chi connectivity index (χ4n) is 1.86. The highest BCUT2D eigenvalue weighted by molar-refractivity contribution is 7.89. The second-order valence-corrected chi connectivity index (χ2v) is 6.40. The Kier molecular flexibility index (Phi) is 5.07. The molecule has 0 saturated carbocycles. The second-order valence-electron chi connectivity index (χ2n) is 4.75. The molecule has 0 aliphatic rings. The summed E-state index contributed by atoms with van der Waals surface area (Å²) >= 11 is 0. The van der Waals surface area contributed by atoms with E-state index in [2.05, 4.69) is 5.32 Å². The number of rotatable bonds is 5. The minimum atomic E-state index is -4.52. The highest BCUT2D eigenvalue weighted by Gasteiger charge is 2.27. The first kappa shape index (κ1) is 17.0. The molecule has 122 valence electrons. The van der Waals surface area contributed by atoms with Crippen molar-refractivity contribution < 1.29 is 22.0 Å². The molecular weight excluding hydrogens is 326 g/mol. The van der Waals surface area contributed by atoms with Gasteiger partial charge in [-0.1, -0.05) is 24.3 Å². The lowest BCUT2D eigenvalue weighted by molar-refractivity contribution is -0.117. The van der Waals surface area contributed by atoms with Crippen LogP contribution in [0.5, 0.6) is 0 Å². The minimum Gasteiger partial charge on any atom is -0.325 e. The monoisotopic (exact) mass is 340 g/mol. The van der Waals surface area contributed by atoms with Gasteiger partial charge in [-0.3, -0.25) is 4.79 Å². The van der Waals surface area contributed by atoms with Crippen LogP contribution in [-0.2, 0) is 14.8 Å². The maximum absolute atomic E-state index is 13.6. The third-order valence-electron chi connectivity index (χ3n) is 2.95. The molecule has 0 bridgehead atoms. The van der Waals surface area contributed by atoms with Gasteiger partial charge in [-0.25, -0.2) is 17.2 Å². The number of anilines is 1.